The van der Waals surface area contributed by atoms with E-state index in [1.54, 1.807) is 24.1 Å². The highest BCUT2D eigenvalue weighted by Gasteiger charge is 2.41. The van der Waals surface area contributed by atoms with Gasteiger partial charge in [-0.2, -0.15) is 5.26 Å². The largest absolute Gasteiger partial charge is 0.497 e. The molecular weight excluding hydrogens is 520 g/mol. The topological polar surface area (TPSA) is 132 Å². The van der Waals surface area contributed by atoms with Gasteiger partial charge in [0.1, 0.15) is 23.9 Å². The Morgan fingerprint density at radius 1 is 1.07 bits per heavy atom. The molecule has 0 radical (unpaired) electrons. The number of nitrogens with zero attached hydrogens (tertiary/aromatic N) is 3. The van der Waals surface area contributed by atoms with Crippen LogP contribution in [0.1, 0.15) is 47.4 Å². The molecule has 9 nitrogen and oxygen atoms in total. The summed E-state index contributed by atoms with van der Waals surface area (Å²) in [5.41, 5.74) is 12.1. The van der Waals surface area contributed by atoms with Crippen LogP contribution in [0.5, 0.6) is 11.5 Å². The molecule has 1 atom stereocenters. The maximum atomic E-state index is 13.6. The van der Waals surface area contributed by atoms with Crippen LogP contribution < -0.4 is 20.1 Å². The average Bonchev–Trinajstić information content (AvgIpc) is 2.96. The molecule has 1 aliphatic carbocycles. The number of Topliss-reactive ketones (excluding diaryl/α,β-unsaturated/α-hetero) is 1. The number of non-ortho nitro benzene ring substituents is 1. The van der Waals surface area contributed by atoms with Gasteiger partial charge in [0, 0.05) is 29.8 Å². The molecule has 0 aromatic heterocycles. The van der Waals surface area contributed by atoms with Crippen LogP contribution in [0.25, 0.3) is 0 Å². The van der Waals surface area contributed by atoms with Crippen molar-refractivity contribution in [1.29, 1.82) is 5.26 Å². The molecule has 0 saturated heterocycles. The SMILES string of the molecule is COc1ccc(OCc2cc(C3C(C#N)=C(N)N(c4cccc([N+](=O)[O-])c4)C4=C3C(=O)CCC4)c(C)cc2C)cc1. The van der Waals surface area contributed by atoms with E-state index in [9.17, 15) is 20.2 Å². The van der Waals surface area contributed by atoms with Gasteiger partial charge in [0.05, 0.1) is 35.3 Å². The minimum Gasteiger partial charge on any atom is -0.497 e. The molecule has 1 unspecified atom stereocenters. The zero-order valence-corrected chi connectivity index (χ0v) is 23.1. The van der Waals surface area contributed by atoms with Crippen molar-refractivity contribution in [2.24, 2.45) is 5.73 Å². The first-order valence-electron chi connectivity index (χ1n) is 13.3. The van der Waals surface area contributed by atoms with Crippen molar-refractivity contribution in [3.8, 4) is 17.6 Å². The number of allylic oxidation sites excluding steroid dienone is 3. The first-order valence-corrected chi connectivity index (χ1v) is 13.3. The number of nitrogens with two attached hydrogens (primary N) is 1. The lowest BCUT2D eigenvalue weighted by molar-refractivity contribution is -0.384. The van der Waals surface area contributed by atoms with Crippen molar-refractivity contribution in [1.82, 2.24) is 0 Å². The van der Waals surface area contributed by atoms with E-state index in [-0.39, 0.29) is 22.9 Å². The van der Waals surface area contributed by atoms with Gasteiger partial charge < -0.3 is 15.2 Å². The van der Waals surface area contributed by atoms with E-state index >= 15 is 0 Å². The van der Waals surface area contributed by atoms with Crippen LogP contribution >= 0.6 is 0 Å². The number of ketones is 1. The lowest BCUT2D eigenvalue weighted by Crippen LogP contribution is -2.39. The number of nitro groups is 1. The number of hydrogen-bond acceptors (Lipinski definition) is 8. The van der Waals surface area contributed by atoms with Crippen LogP contribution in [0, 0.1) is 35.3 Å². The Hall–Kier alpha value is -5.10. The van der Waals surface area contributed by atoms with Gasteiger partial charge in [-0.05, 0) is 79.3 Å². The van der Waals surface area contributed by atoms with Crippen LogP contribution in [0.2, 0.25) is 0 Å². The number of carbonyl (C=O) groups is 1. The number of rotatable bonds is 7. The molecule has 3 aromatic carbocycles. The van der Waals surface area contributed by atoms with Crippen LogP contribution in [-0.4, -0.2) is 17.8 Å². The van der Waals surface area contributed by atoms with Crippen molar-refractivity contribution in [2.75, 3.05) is 12.0 Å². The lowest BCUT2D eigenvalue weighted by atomic mass is 9.74. The maximum absolute atomic E-state index is 13.6. The summed E-state index contributed by atoms with van der Waals surface area (Å²) in [5.74, 6) is 0.882. The molecule has 0 spiro atoms. The van der Waals surface area contributed by atoms with Gasteiger partial charge in [0.15, 0.2) is 5.78 Å². The third kappa shape index (κ3) is 5.12. The first-order chi connectivity index (χ1) is 19.7. The zero-order valence-electron chi connectivity index (χ0n) is 23.1. The van der Waals surface area contributed by atoms with E-state index in [0.717, 1.165) is 28.0 Å². The van der Waals surface area contributed by atoms with Crippen LogP contribution in [0.4, 0.5) is 11.4 Å². The fraction of sp³-hybridized carbons (Fsp3) is 0.250. The fourth-order valence-corrected chi connectivity index (χ4v) is 5.65. The van der Waals surface area contributed by atoms with Gasteiger partial charge in [-0.3, -0.25) is 19.8 Å². The number of aryl methyl sites for hydroxylation is 2. The van der Waals surface area contributed by atoms with Crippen LogP contribution in [-0.2, 0) is 11.4 Å². The summed E-state index contributed by atoms with van der Waals surface area (Å²) in [4.78, 5) is 26.2. The van der Waals surface area contributed by atoms with E-state index in [1.807, 2.05) is 50.2 Å². The lowest BCUT2D eigenvalue weighted by Gasteiger charge is -2.40. The van der Waals surface area contributed by atoms with Crippen molar-refractivity contribution in [3.63, 3.8) is 0 Å². The molecule has 0 amide bonds. The second-order valence-corrected chi connectivity index (χ2v) is 10.2. The Morgan fingerprint density at radius 3 is 2.49 bits per heavy atom. The predicted molar refractivity (Wildman–Crippen MR) is 154 cm³/mol. The van der Waals surface area contributed by atoms with E-state index in [4.69, 9.17) is 15.2 Å². The second-order valence-electron chi connectivity index (χ2n) is 10.2. The number of anilines is 1. The number of benzene rings is 3. The van der Waals surface area contributed by atoms with Crippen molar-refractivity contribution in [2.45, 2.75) is 45.6 Å². The summed E-state index contributed by atoms with van der Waals surface area (Å²) in [7, 11) is 1.61. The predicted octanol–water partition coefficient (Wildman–Crippen LogP) is 6.10. The summed E-state index contributed by atoms with van der Waals surface area (Å²) in [6, 6.07) is 19.7. The Kier molecular flexibility index (Phi) is 7.49. The highest BCUT2D eigenvalue weighted by atomic mass is 16.6. The maximum Gasteiger partial charge on any atom is 0.271 e. The van der Waals surface area contributed by atoms with Crippen molar-refractivity contribution in [3.05, 3.63) is 116 Å². The number of methoxy groups -OCH3 is 1. The first kappa shape index (κ1) is 27.5. The summed E-state index contributed by atoms with van der Waals surface area (Å²) in [5, 5.41) is 21.9. The van der Waals surface area contributed by atoms with E-state index in [1.165, 1.54) is 12.1 Å². The van der Waals surface area contributed by atoms with Crippen molar-refractivity contribution >= 4 is 17.2 Å². The quantitative estimate of drug-likeness (QED) is 0.276. The zero-order chi connectivity index (χ0) is 29.3. The standard InChI is InChI=1S/C32H30N4O5/c1-19-14-20(2)26(15-21(19)18-41-25-12-10-24(40-3)11-13-25)30-27(17-33)32(34)35(28-8-5-9-29(37)31(28)30)22-6-4-7-23(16-22)36(38)39/h4,6-7,10-16,30H,5,8-9,18,34H2,1-3H3. The molecule has 3 aromatic rings. The fourth-order valence-electron chi connectivity index (χ4n) is 5.65. The molecular formula is C32H30N4O5. The Bertz CT molecular complexity index is 1650. The van der Waals surface area contributed by atoms with Gasteiger partial charge in [-0.25, -0.2) is 0 Å². The number of hydrogen-bond donors (Lipinski definition) is 1. The molecule has 0 saturated carbocycles. The van der Waals surface area contributed by atoms with E-state index in [0.29, 0.717) is 48.6 Å². The number of nitro benzene ring substituents is 1. The molecule has 41 heavy (non-hydrogen) atoms. The number of carbonyl (C=O) groups excluding carboxylic acids is 1. The van der Waals surface area contributed by atoms with Gasteiger partial charge in [0.25, 0.3) is 5.69 Å². The van der Waals surface area contributed by atoms with Crippen LogP contribution in [0.15, 0.2) is 83.3 Å². The third-order valence-corrected chi connectivity index (χ3v) is 7.70. The van der Waals surface area contributed by atoms with Crippen molar-refractivity contribution < 1.29 is 19.2 Å². The van der Waals surface area contributed by atoms with Gasteiger partial charge >= 0.3 is 0 Å². The molecule has 0 fully saturated rings. The highest BCUT2D eigenvalue weighted by molar-refractivity contribution is 6.01. The summed E-state index contributed by atoms with van der Waals surface area (Å²) in [6.45, 7) is 4.25. The molecule has 1 heterocycles. The minimum absolute atomic E-state index is 0.0528. The summed E-state index contributed by atoms with van der Waals surface area (Å²) >= 11 is 0. The smallest absolute Gasteiger partial charge is 0.271 e. The van der Waals surface area contributed by atoms with E-state index in [2.05, 4.69) is 6.07 Å². The van der Waals surface area contributed by atoms with Gasteiger partial charge in [0.2, 0.25) is 0 Å². The van der Waals surface area contributed by atoms with Gasteiger partial charge in [-0.15, -0.1) is 0 Å². The molecule has 1 aliphatic heterocycles. The Morgan fingerprint density at radius 2 is 1.80 bits per heavy atom. The second kappa shape index (κ2) is 11.2. The Labute approximate surface area is 238 Å². The summed E-state index contributed by atoms with van der Waals surface area (Å²) < 4.78 is 11.3. The van der Waals surface area contributed by atoms with E-state index < -0.39 is 10.8 Å². The monoisotopic (exact) mass is 550 g/mol. The Balaban J connectivity index is 1.60. The van der Waals surface area contributed by atoms with Crippen LogP contribution in [0.3, 0.4) is 0 Å². The number of nitriles is 1. The molecule has 9 heteroatoms. The molecule has 5 rings (SSSR count). The molecule has 208 valence electrons. The normalized spacial score (nSPS) is 16.8. The summed E-state index contributed by atoms with van der Waals surface area (Å²) in [6.07, 6.45) is 1.53. The number of ether oxygens (including phenoxy) is 2. The molecule has 0 bridgehead atoms. The molecule has 2 N–H and O–H groups in total. The third-order valence-electron chi connectivity index (χ3n) is 7.70. The van der Waals surface area contributed by atoms with Gasteiger partial charge in [-0.1, -0.05) is 18.2 Å². The molecule has 2 aliphatic rings. The highest BCUT2D eigenvalue weighted by Crippen LogP contribution is 2.47. The minimum atomic E-state index is -0.655. The average molecular weight is 551 g/mol.